The molecule has 5 heteroatoms. The number of hydrogen-bond acceptors (Lipinski definition) is 4. The minimum atomic E-state index is -0.0748. The minimum Gasteiger partial charge on any atom is -0.348 e. The average molecular weight is 311 g/mol. The summed E-state index contributed by atoms with van der Waals surface area (Å²) in [5.41, 5.74) is 2.22. The highest BCUT2D eigenvalue weighted by Gasteiger charge is 2.16. The van der Waals surface area contributed by atoms with E-state index < -0.39 is 0 Å². The van der Waals surface area contributed by atoms with E-state index in [1.807, 2.05) is 35.7 Å². The fraction of sp³-hybridized carbons (Fsp3) is 0.294. The SMILES string of the molecule is O=c1[nH]c2ccccc2cc1-c1csc(N2CCCCC2)n1. The van der Waals surface area contributed by atoms with Crippen LogP contribution in [0, 0.1) is 0 Å². The van der Waals surface area contributed by atoms with Crippen LogP contribution in [0.1, 0.15) is 19.3 Å². The van der Waals surface area contributed by atoms with Crippen LogP contribution in [0.2, 0.25) is 0 Å². The number of nitrogens with one attached hydrogen (secondary N) is 1. The van der Waals surface area contributed by atoms with E-state index in [4.69, 9.17) is 4.98 Å². The van der Waals surface area contributed by atoms with E-state index in [-0.39, 0.29) is 5.56 Å². The number of benzene rings is 1. The third-order valence-electron chi connectivity index (χ3n) is 4.15. The summed E-state index contributed by atoms with van der Waals surface area (Å²) in [4.78, 5) is 22.3. The van der Waals surface area contributed by atoms with Crippen molar-refractivity contribution in [1.29, 1.82) is 0 Å². The third kappa shape index (κ3) is 2.41. The first-order valence-corrected chi connectivity index (χ1v) is 8.52. The second-order valence-corrected chi connectivity index (χ2v) is 6.50. The maximum atomic E-state index is 12.3. The molecule has 1 aromatic carbocycles. The quantitative estimate of drug-likeness (QED) is 0.786. The first kappa shape index (κ1) is 13.5. The minimum absolute atomic E-state index is 0.0748. The van der Waals surface area contributed by atoms with Gasteiger partial charge in [0.15, 0.2) is 5.13 Å². The van der Waals surface area contributed by atoms with Crippen molar-refractivity contribution in [3.63, 3.8) is 0 Å². The molecule has 1 aliphatic rings. The summed E-state index contributed by atoms with van der Waals surface area (Å²) < 4.78 is 0. The Morgan fingerprint density at radius 2 is 1.95 bits per heavy atom. The molecule has 1 N–H and O–H groups in total. The molecule has 2 aromatic heterocycles. The molecule has 4 nitrogen and oxygen atoms in total. The number of fused-ring (bicyclic) bond motifs is 1. The monoisotopic (exact) mass is 311 g/mol. The van der Waals surface area contributed by atoms with Crippen LogP contribution in [-0.2, 0) is 0 Å². The van der Waals surface area contributed by atoms with Gasteiger partial charge in [-0.25, -0.2) is 4.98 Å². The lowest BCUT2D eigenvalue weighted by Crippen LogP contribution is -2.29. The smallest absolute Gasteiger partial charge is 0.257 e. The lowest BCUT2D eigenvalue weighted by molar-refractivity contribution is 0.577. The number of anilines is 1. The molecular weight excluding hydrogens is 294 g/mol. The number of nitrogens with zero attached hydrogens (tertiary/aromatic N) is 2. The van der Waals surface area contributed by atoms with E-state index in [9.17, 15) is 4.79 Å². The first-order chi connectivity index (χ1) is 10.8. The molecule has 3 heterocycles. The Morgan fingerprint density at radius 1 is 1.14 bits per heavy atom. The topological polar surface area (TPSA) is 49.0 Å². The van der Waals surface area contributed by atoms with E-state index in [1.165, 1.54) is 19.3 Å². The molecule has 0 radical (unpaired) electrons. The molecule has 0 unspecified atom stereocenters. The van der Waals surface area contributed by atoms with Crippen LogP contribution in [0.5, 0.6) is 0 Å². The maximum Gasteiger partial charge on any atom is 0.257 e. The van der Waals surface area contributed by atoms with Crippen molar-refractivity contribution >= 4 is 27.4 Å². The summed E-state index contributed by atoms with van der Waals surface area (Å²) in [5.74, 6) is 0. The van der Waals surface area contributed by atoms with Gasteiger partial charge in [0, 0.05) is 24.0 Å². The largest absolute Gasteiger partial charge is 0.348 e. The zero-order valence-electron chi connectivity index (χ0n) is 12.2. The van der Waals surface area contributed by atoms with Crippen molar-refractivity contribution in [3.05, 3.63) is 46.1 Å². The van der Waals surface area contributed by atoms with E-state index in [0.717, 1.165) is 34.8 Å². The highest BCUT2D eigenvalue weighted by molar-refractivity contribution is 7.14. The molecule has 0 spiro atoms. The molecule has 0 amide bonds. The second-order valence-electron chi connectivity index (χ2n) is 5.66. The molecule has 3 aromatic rings. The molecule has 22 heavy (non-hydrogen) atoms. The van der Waals surface area contributed by atoms with Gasteiger partial charge in [-0.15, -0.1) is 11.3 Å². The fourth-order valence-electron chi connectivity index (χ4n) is 2.96. The van der Waals surface area contributed by atoms with Gasteiger partial charge in [0.1, 0.15) is 0 Å². The molecule has 1 fully saturated rings. The number of hydrogen-bond donors (Lipinski definition) is 1. The van der Waals surface area contributed by atoms with Gasteiger partial charge in [0.2, 0.25) is 0 Å². The van der Waals surface area contributed by atoms with Crippen LogP contribution in [0.25, 0.3) is 22.2 Å². The summed E-state index contributed by atoms with van der Waals surface area (Å²) in [5, 5.41) is 4.05. The Labute approximate surface area is 132 Å². The highest BCUT2D eigenvalue weighted by Crippen LogP contribution is 2.28. The molecule has 4 rings (SSSR count). The van der Waals surface area contributed by atoms with Crippen LogP contribution in [0.3, 0.4) is 0 Å². The molecule has 1 saturated heterocycles. The van der Waals surface area contributed by atoms with Gasteiger partial charge in [0.05, 0.1) is 11.3 Å². The van der Waals surface area contributed by atoms with Crippen LogP contribution in [-0.4, -0.2) is 23.1 Å². The van der Waals surface area contributed by atoms with Gasteiger partial charge < -0.3 is 9.88 Å². The Kier molecular flexibility index (Phi) is 3.42. The Morgan fingerprint density at radius 3 is 2.82 bits per heavy atom. The highest BCUT2D eigenvalue weighted by atomic mass is 32.1. The lowest BCUT2D eigenvalue weighted by atomic mass is 10.1. The zero-order valence-corrected chi connectivity index (χ0v) is 13.0. The van der Waals surface area contributed by atoms with Gasteiger partial charge in [-0.1, -0.05) is 18.2 Å². The number of aromatic amines is 1. The van der Waals surface area contributed by atoms with E-state index in [0.29, 0.717) is 5.56 Å². The van der Waals surface area contributed by atoms with Crippen molar-refractivity contribution in [1.82, 2.24) is 9.97 Å². The lowest BCUT2D eigenvalue weighted by Gasteiger charge is -2.25. The number of rotatable bonds is 2. The van der Waals surface area contributed by atoms with E-state index in [1.54, 1.807) is 11.3 Å². The van der Waals surface area contributed by atoms with Gasteiger partial charge in [-0.05, 0) is 36.8 Å². The first-order valence-electron chi connectivity index (χ1n) is 7.64. The Bertz CT molecular complexity index is 861. The summed E-state index contributed by atoms with van der Waals surface area (Å²) in [6.07, 6.45) is 3.76. The molecule has 112 valence electrons. The number of aromatic nitrogens is 2. The molecular formula is C17H17N3OS. The standard InChI is InChI=1S/C17H17N3OS/c21-16-13(10-12-6-2-3-7-14(12)18-16)15-11-22-17(19-15)20-8-4-1-5-9-20/h2-3,6-7,10-11H,1,4-5,8-9H2,(H,18,21). The fourth-order valence-corrected chi connectivity index (χ4v) is 3.84. The van der Waals surface area contributed by atoms with Crippen molar-refractivity contribution in [2.24, 2.45) is 0 Å². The molecule has 0 bridgehead atoms. The van der Waals surface area contributed by atoms with Gasteiger partial charge >= 0.3 is 0 Å². The van der Waals surface area contributed by atoms with Gasteiger partial charge in [-0.2, -0.15) is 0 Å². The molecule has 0 saturated carbocycles. The number of para-hydroxylation sites is 1. The Hall–Kier alpha value is -2.14. The summed E-state index contributed by atoms with van der Waals surface area (Å²) in [6.45, 7) is 2.14. The van der Waals surface area contributed by atoms with E-state index >= 15 is 0 Å². The maximum absolute atomic E-state index is 12.3. The van der Waals surface area contributed by atoms with Crippen molar-refractivity contribution in [2.75, 3.05) is 18.0 Å². The number of pyridine rings is 1. The number of piperidine rings is 1. The average Bonchev–Trinajstić information content (AvgIpc) is 3.05. The normalized spacial score (nSPS) is 15.4. The van der Waals surface area contributed by atoms with Crippen molar-refractivity contribution in [3.8, 4) is 11.3 Å². The van der Waals surface area contributed by atoms with E-state index in [2.05, 4.69) is 9.88 Å². The Balaban J connectivity index is 1.74. The number of H-pyrrole nitrogens is 1. The van der Waals surface area contributed by atoms with Crippen LogP contribution in [0.4, 0.5) is 5.13 Å². The molecule has 1 aliphatic heterocycles. The third-order valence-corrected chi connectivity index (χ3v) is 5.05. The predicted octanol–water partition coefficient (Wildman–Crippen LogP) is 3.64. The van der Waals surface area contributed by atoms with Gasteiger partial charge in [0.25, 0.3) is 5.56 Å². The van der Waals surface area contributed by atoms with Crippen molar-refractivity contribution < 1.29 is 0 Å². The van der Waals surface area contributed by atoms with Crippen molar-refractivity contribution in [2.45, 2.75) is 19.3 Å². The molecule has 0 atom stereocenters. The van der Waals surface area contributed by atoms with Crippen LogP contribution in [0.15, 0.2) is 40.5 Å². The molecule has 0 aliphatic carbocycles. The predicted molar refractivity (Wildman–Crippen MR) is 91.7 cm³/mol. The number of thiazole rings is 1. The second kappa shape index (κ2) is 5.57. The van der Waals surface area contributed by atoms with Crippen LogP contribution < -0.4 is 10.5 Å². The summed E-state index contributed by atoms with van der Waals surface area (Å²) >= 11 is 1.63. The van der Waals surface area contributed by atoms with Crippen LogP contribution >= 0.6 is 11.3 Å². The zero-order chi connectivity index (χ0) is 14.9. The summed E-state index contributed by atoms with van der Waals surface area (Å²) in [7, 11) is 0. The summed E-state index contributed by atoms with van der Waals surface area (Å²) in [6, 6.07) is 9.76. The van der Waals surface area contributed by atoms with Gasteiger partial charge in [-0.3, -0.25) is 4.79 Å².